The van der Waals surface area contributed by atoms with Crippen molar-refractivity contribution in [3.8, 4) is 0 Å². The predicted molar refractivity (Wildman–Crippen MR) is 82.7 cm³/mol. The Morgan fingerprint density at radius 3 is 2.57 bits per heavy atom. The molecule has 0 aromatic heterocycles. The SMILES string of the molecule is CCN1CCC(CNCC(=O)Nc2ccc(F)cc2)CC1. The maximum absolute atomic E-state index is 12.8. The molecule has 1 aliphatic rings. The largest absolute Gasteiger partial charge is 0.325 e. The number of piperidine rings is 1. The maximum Gasteiger partial charge on any atom is 0.238 e. The fourth-order valence-corrected chi connectivity index (χ4v) is 2.64. The van der Waals surface area contributed by atoms with Crippen molar-refractivity contribution in [1.29, 1.82) is 0 Å². The summed E-state index contributed by atoms with van der Waals surface area (Å²) < 4.78 is 12.8. The van der Waals surface area contributed by atoms with E-state index < -0.39 is 0 Å². The zero-order chi connectivity index (χ0) is 15.1. The molecule has 0 unspecified atom stereocenters. The highest BCUT2D eigenvalue weighted by Gasteiger charge is 2.17. The standard InChI is InChI=1S/C16H24FN3O/c1-2-20-9-7-13(8-10-20)11-18-12-16(21)19-15-5-3-14(17)4-6-15/h3-6,13,18H,2,7-12H2,1H3,(H,19,21). The molecule has 1 amide bonds. The lowest BCUT2D eigenvalue weighted by Gasteiger charge is -2.31. The van der Waals surface area contributed by atoms with Gasteiger partial charge in [-0.3, -0.25) is 4.79 Å². The van der Waals surface area contributed by atoms with E-state index in [0.717, 1.165) is 26.2 Å². The summed E-state index contributed by atoms with van der Waals surface area (Å²) in [5.41, 5.74) is 0.624. The second-order valence-electron chi connectivity index (χ2n) is 5.56. The van der Waals surface area contributed by atoms with Gasteiger partial charge in [-0.05, 0) is 69.2 Å². The first kappa shape index (κ1) is 15.9. The molecule has 0 spiro atoms. The second-order valence-corrected chi connectivity index (χ2v) is 5.56. The molecule has 1 heterocycles. The molecule has 1 aromatic rings. The number of halogens is 1. The molecule has 0 atom stereocenters. The Labute approximate surface area is 125 Å². The number of carbonyl (C=O) groups excluding carboxylic acids is 1. The Balaban J connectivity index is 1.62. The highest BCUT2D eigenvalue weighted by molar-refractivity contribution is 5.92. The van der Waals surface area contributed by atoms with Crippen LogP contribution >= 0.6 is 0 Å². The molecule has 0 bridgehead atoms. The Morgan fingerprint density at radius 2 is 1.95 bits per heavy atom. The van der Waals surface area contributed by atoms with Crippen LogP contribution in [0.2, 0.25) is 0 Å². The molecule has 116 valence electrons. The topological polar surface area (TPSA) is 44.4 Å². The van der Waals surface area contributed by atoms with Gasteiger partial charge in [0.2, 0.25) is 5.91 Å². The number of nitrogens with one attached hydrogen (secondary N) is 2. The van der Waals surface area contributed by atoms with E-state index in [0.29, 0.717) is 18.2 Å². The highest BCUT2D eigenvalue weighted by atomic mass is 19.1. The van der Waals surface area contributed by atoms with Crippen LogP contribution in [0.25, 0.3) is 0 Å². The van der Waals surface area contributed by atoms with Crippen molar-refractivity contribution >= 4 is 11.6 Å². The Kier molecular flexibility index (Phi) is 6.14. The Hall–Kier alpha value is -1.46. The number of hydrogen-bond donors (Lipinski definition) is 2. The zero-order valence-electron chi connectivity index (χ0n) is 12.6. The molecular weight excluding hydrogens is 269 g/mol. The Morgan fingerprint density at radius 1 is 1.29 bits per heavy atom. The molecule has 21 heavy (non-hydrogen) atoms. The van der Waals surface area contributed by atoms with Gasteiger partial charge in [-0.2, -0.15) is 0 Å². The summed E-state index contributed by atoms with van der Waals surface area (Å²) in [5.74, 6) is 0.267. The second kappa shape index (κ2) is 8.10. The van der Waals surface area contributed by atoms with Gasteiger partial charge < -0.3 is 15.5 Å². The highest BCUT2D eigenvalue weighted by Crippen LogP contribution is 2.15. The lowest BCUT2D eigenvalue weighted by Crippen LogP contribution is -2.38. The van der Waals surface area contributed by atoms with Gasteiger partial charge in [0.05, 0.1) is 6.54 Å². The van der Waals surface area contributed by atoms with Crippen molar-refractivity contribution in [2.75, 3.05) is 38.0 Å². The first-order chi connectivity index (χ1) is 10.2. The first-order valence-electron chi connectivity index (χ1n) is 7.66. The van der Waals surface area contributed by atoms with E-state index in [9.17, 15) is 9.18 Å². The van der Waals surface area contributed by atoms with Gasteiger partial charge in [0.25, 0.3) is 0 Å². The molecule has 0 radical (unpaired) electrons. The van der Waals surface area contributed by atoms with Crippen LogP contribution in [-0.4, -0.2) is 43.5 Å². The summed E-state index contributed by atoms with van der Waals surface area (Å²) in [6, 6.07) is 5.80. The smallest absolute Gasteiger partial charge is 0.238 e. The van der Waals surface area contributed by atoms with E-state index in [1.807, 2.05) is 0 Å². The average molecular weight is 293 g/mol. The van der Waals surface area contributed by atoms with E-state index in [1.165, 1.54) is 25.0 Å². The van der Waals surface area contributed by atoms with E-state index in [4.69, 9.17) is 0 Å². The van der Waals surface area contributed by atoms with Crippen LogP contribution in [0.3, 0.4) is 0 Å². The third-order valence-electron chi connectivity index (χ3n) is 4.00. The third-order valence-corrected chi connectivity index (χ3v) is 4.00. The summed E-state index contributed by atoms with van der Waals surface area (Å²) in [6.45, 7) is 6.81. The van der Waals surface area contributed by atoms with Crippen molar-refractivity contribution in [1.82, 2.24) is 10.2 Å². The summed E-state index contributed by atoms with van der Waals surface area (Å²) in [5, 5.41) is 5.96. The van der Waals surface area contributed by atoms with Crippen LogP contribution in [0.4, 0.5) is 10.1 Å². The quantitative estimate of drug-likeness (QED) is 0.844. The van der Waals surface area contributed by atoms with Gasteiger partial charge >= 0.3 is 0 Å². The van der Waals surface area contributed by atoms with Gasteiger partial charge in [0.1, 0.15) is 5.82 Å². The number of carbonyl (C=O) groups is 1. The Bertz CT molecular complexity index is 441. The lowest BCUT2D eigenvalue weighted by molar-refractivity contribution is -0.115. The van der Waals surface area contributed by atoms with E-state index >= 15 is 0 Å². The van der Waals surface area contributed by atoms with Gasteiger partial charge in [0.15, 0.2) is 0 Å². The van der Waals surface area contributed by atoms with Gasteiger partial charge in [0, 0.05) is 5.69 Å². The predicted octanol–water partition coefficient (Wildman–Crippen LogP) is 2.09. The number of anilines is 1. The molecule has 1 fully saturated rings. The number of rotatable bonds is 6. The van der Waals surface area contributed by atoms with Gasteiger partial charge in [-0.25, -0.2) is 4.39 Å². The summed E-state index contributed by atoms with van der Waals surface area (Å²) in [4.78, 5) is 14.2. The van der Waals surface area contributed by atoms with Crippen LogP contribution in [0.5, 0.6) is 0 Å². The van der Waals surface area contributed by atoms with Crippen molar-refractivity contribution in [3.63, 3.8) is 0 Å². The van der Waals surface area contributed by atoms with Crippen LogP contribution in [0, 0.1) is 11.7 Å². The van der Waals surface area contributed by atoms with Crippen molar-refractivity contribution < 1.29 is 9.18 Å². The van der Waals surface area contributed by atoms with Crippen LogP contribution in [0.1, 0.15) is 19.8 Å². The minimum atomic E-state index is -0.301. The molecule has 2 rings (SSSR count). The number of hydrogen-bond acceptors (Lipinski definition) is 3. The molecule has 5 heteroatoms. The van der Waals surface area contributed by atoms with E-state index in [2.05, 4.69) is 22.5 Å². The minimum absolute atomic E-state index is 0.0902. The normalized spacial score (nSPS) is 16.9. The molecule has 0 saturated carbocycles. The monoisotopic (exact) mass is 293 g/mol. The fraction of sp³-hybridized carbons (Fsp3) is 0.562. The number of nitrogens with zero attached hydrogens (tertiary/aromatic N) is 1. The number of likely N-dealkylation sites (tertiary alicyclic amines) is 1. The molecule has 1 aromatic carbocycles. The van der Waals surface area contributed by atoms with E-state index in [1.54, 1.807) is 12.1 Å². The van der Waals surface area contributed by atoms with Gasteiger partial charge in [-0.1, -0.05) is 6.92 Å². The molecular formula is C16H24FN3O. The summed E-state index contributed by atoms with van der Waals surface area (Å²) in [7, 11) is 0. The minimum Gasteiger partial charge on any atom is -0.325 e. The number of benzene rings is 1. The summed E-state index contributed by atoms with van der Waals surface area (Å²) in [6.07, 6.45) is 2.39. The van der Waals surface area contributed by atoms with E-state index in [-0.39, 0.29) is 11.7 Å². The number of amides is 1. The molecule has 2 N–H and O–H groups in total. The molecule has 0 aliphatic carbocycles. The molecule has 1 saturated heterocycles. The van der Waals surface area contributed by atoms with Crippen LogP contribution < -0.4 is 10.6 Å². The van der Waals surface area contributed by atoms with Crippen LogP contribution in [0.15, 0.2) is 24.3 Å². The van der Waals surface area contributed by atoms with Crippen molar-refractivity contribution in [2.45, 2.75) is 19.8 Å². The maximum atomic E-state index is 12.8. The van der Waals surface area contributed by atoms with Crippen LogP contribution in [-0.2, 0) is 4.79 Å². The fourth-order valence-electron chi connectivity index (χ4n) is 2.64. The van der Waals surface area contributed by atoms with Crippen molar-refractivity contribution in [3.05, 3.63) is 30.1 Å². The first-order valence-corrected chi connectivity index (χ1v) is 7.66. The van der Waals surface area contributed by atoms with Crippen molar-refractivity contribution in [2.24, 2.45) is 5.92 Å². The molecule has 4 nitrogen and oxygen atoms in total. The van der Waals surface area contributed by atoms with Gasteiger partial charge in [-0.15, -0.1) is 0 Å². The molecule has 1 aliphatic heterocycles. The summed E-state index contributed by atoms with van der Waals surface area (Å²) >= 11 is 0. The zero-order valence-corrected chi connectivity index (χ0v) is 12.6. The lowest BCUT2D eigenvalue weighted by atomic mass is 9.97. The third kappa shape index (κ3) is 5.44. The average Bonchev–Trinajstić information content (AvgIpc) is 2.50.